The fourth-order valence-corrected chi connectivity index (χ4v) is 5.31. The molecule has 1 saturated heterocycles. The van der Waals surface area contributed by atoms with Crippen LogP contribution in [0.1, 0.15) is 5.56 Å². The van der Waals surface area contributed by atoms with Gasteiger partial charge in [-0.3, -0.25) is 5.10 Å². The van der Waals surface area contributed by atoms with Crippen LogP contribution < -0.4 is 9.64 Å². The van der Waals surface area contributed by atoms with E-state index in [-0.39, 0.29) is 28.8 Å². The zero-order valence-corrected chi connectivity index (χ0v) is 20.1. The molecule has 3 heterocycles. The molecule has 37 heavy (non-hydrogen) atoms. The monoisotopic (exact) mass is 496 g/mol. The summed E-state index contributed by atoms with van der Waals surface area (Å²) in [5.41, 5.74) is 3.21. The predicted molar refractivity (Wildman–Crippen MR) is 137 cm³/mol. The van der Waals surface area contributed by atoms with Crippen LogP contribution in [0.25, 0.3) is 38.1 Å². The predicted octanol–water partition coefficient (Wildman–Crippen LogP) is 5.30. The summed E-state index contributed by atoms with van der Waals surface area (Å²) in [7, 11) is 2.12. The van der Waals surface area contributed by atoms with Crippen LogP contribution in [-0.2, 0) is 6.42 Å². The highest BCUT2D eigenvalue weighted by atomic mass is 19.1. The molecule has 0 spiro atoms. The normalized spacial score (nSPS) is 17.0. The number of nitriles is 1. The number of hydrogen-bond acceptors (Lipinski definition) is 5. The van der Waals surface area contributed by atoms with E-state index in [1.165, 1.54) is 0 Å². The number of piperazine rings is 1. The van der Waals surface area contributed by atoms with E-state index in [1.807, 2.05) is 24.3 Å². The molecule has 9 heteroatoms. The lowest BCUT2D eigenvalue weighted by Crippen LogP contribution is -2.56. The Hall–Kier alpha value is -4.47. The maximum absolute atomic E-state index is 15.0. The summed E-state index contributed by atoms with van der Waals surface area (Å²) < 4.78 is 36.2. The average Bonchev–Trinajstić information content (AvgIpc) is 3.30. The standard InChI is InChI=1S/C28H22F2N6O/c1-32-23-13-24-20(12-19(23)27-21(29)9-16(5-6-31)10-22(27)30)28(34-33-24)17-3-4-25-26(11-17)37-15-18-14-35(2)7-8-36(18)25/h3-4,9-13,18H,5,7-8,14-15H2,2H3,(H,33,34). The quantitative estimate of drug-likeness (QED) is 0.390. The van der Waals surface area contributed by atoms with E-state index in [1.54, 1.807) is 12.1 Å². The first kappa shape index (κ1) is 23.0. The Morgan fingerprint density at radius 3 is 2.76 bits per heavy atom. The molecule has 1 unspecified atom stereocenters. The Bertz CT molecular complexity index is 1610. The van der Waals surface area contributed by atoms with E-state index >= 15 is 8.78 Å². The van der Waals surface area contributed by atoms with E-state index in [9.17, 15) is 0 Å². The first-order valence-electron chi connectivity index (χ1n) is 11.9. The second kappa shape index (κ2) is 8.88. The van der Waals surface area contributed by atoms with Crippen LogP contribution in [0.2, 0.25) is 0 Å². The SMILES string of the molecule is [C-]#[N+]c1cc2[nH]nc(-c3ccc4c(c3)OCC3CN(C)CCN43)c2cc1-c1c(F)cc(CC#N)cc1F. The maximum atomic E-state index is 15.0. The highest BCUT2D eigenvalue weighted by molar-refractivity contribution is 6.00. The van der Waals surface area contributed by atoms with Gasteiger partial charge in [0.1, 0.15) is 24.0 Å². The molecule has 1 N–H and O–H groups in total. The number of anilines is 1. The smallest absolute Gasteiger partial charge is 0.197 e. The molecule has 1 atom stereocenters. The van der Waals surface area contributed by atoms with Crippen molar-refractivity contribution in [1.29, 1.82) is 5.26 Å². The molecule has 184 valence electrons. The number of H-pyrrole nitrogens is 1. The number of fused-ring (bicyclic) bond motifs is 4. The molecule has 1 aromatic heterocycles. The van der Waals surface area contributed by atoms with Gasteiger partial charge < -0.3 is 14.5 Å². The van der Waals surface area contributed by atoms with Gasteiger partial charge in [0.25, 0.3) is 0 Å². The second-order valence-corrected chi connectivity index (χ2v) is 9.47. The molecule has 2 aliphatic heterocycles. The largest absolute Gasteiger partial charge is 0.489 e. The lowest BCUT2D eigenvalue weighted by Gasteiger charge is -2.44. The molecule has 0 aliphatic carbocycles. The van der Waals surface area contributed by atoms with Gasteiger partial charge in [0.2, 0.25) is 0 Å². The number of hydrogen-bond donors (Lipinski definition) is 1. The summed E-state index contributed by atoms with van der Waals surface area (Å²) >= 11 is 0. The van der Waals surface area contributed by atoms with Gasteiger partial charge in [-0.05, 0) is 48.5 Å². The van der Waals surface area contributed by atoms with Gasteiger partial charge in [0, 0.05) is 36.1 Å². The number of halogens is 2. The molecule has 3 aromatic carbocycles. The van der Waals surface area contributed by atoms with Crippen molar-refractivity contribution in [2.24, 2.45) is 0 Å². The lowest BCUT2D eigenvalue weighted by molar-refractivity contribution is 0.188. The highest BCUT2D eigenvalue weighted by Crippen LogP contribution is 2.42. The Morgan fingerprint density at radius 2 is 2.00 bits per heavy atom. The number of benzene rings is 3. The average molecular weight is 497 g/mol. The van der Waals surface area contributed by atoms with Crippen molar-refractivity contribution in [3.05, 3.63) is 71.1 Å². The first-order valence-corrected chi connectivity index (χ1v) is 11.9. The van der Waals surface area contributed by atoms with Gasteiger partial charge in [-0.25, -0.2) is 13.6 Å². The molecule has 2 aliphatic rings. The van der Waals surface area contributed by atoms with Crippen molar-refractivity contribution >= 4 is 22.3 Å². The number of aromatic amines is 1. The number of likely N-dealkylation sites (N-methyl/N-ethyl adjacent to an activating group) is 1. The van der Waals surface area contributed by atoms with Crippen LogP contribution in [0.3, 0.4) is 0 Å². The maximum Gasteiger partial charge on any atom is 0.197 e. The zero-order chi connectivity index (χ0) is 25.7. The number of aromatic nitrogens is 2. The van der Waals surface area contributed by atoms with Crippen molar-refractivity contribution in [2.45, 2.75) is 12.5 Å². The van der Waals surface area contributed by atoms with Crippen LogP contribution in [0.4, 0.5) is 20.2 Å². The summed E-state index contributed by atoms with van der Waals surface area (Å²) in [5, 5.41) is 16.9. The molecule has 0 radical (unpaired) electrons. The van der Waals surface area contributed by atoms with Gasteiger partial charge in [-0.15, -0.1) is 0 Å². The van der Waals surface area contributed by atoms with Crippen molar-refractivity contribution < 1.29 is 13.5 Å². The van der Waals surface area contributed by atoms with Gasteiger partial charge >= 0.3 is 0 Å². The molecular formula is C28H22F2N6O. The van der Waals surface area contributed by atoms with Crippen LogP contribution in [-0.4, -0.2) is 54.4 Å². The Kier molecular flexibility index (Phi) is 5.51. The zero-order valence-electron chi connectivity index (χ0n) is 20.1. The molecule has 4 aromatic rings. The fraction of sp³-hybridized carbons (Fsp3) is 0.250. The number of nitrogens with zero attached hydrogens (tertiary/aromatic N) is 5. The number of nitrogens with one attached hydrogen (secondary N) is 1. The highest BCUT2D eigenvalue weighted by Gasteiger charge is 2.32. The van der Waals surface area contributed by atoms with E-state index < -0.39 is 11.6 Å². The van der Waals surface area contributed by atoms with E-state index in [2.05, 4.69) is 31.9 Å². The van der Waals surface area contributed by atoms with Crippen LogP contribution in [0, 0.1) is 29.5 Å². The molecule has 6 rings (SSSR count). The Labute approximate surface area is 212 Å². The van der Waals surface area contributed by atoms with Crippen LogP contribution >= 0.6 is 0 Å². The number of rotatable bonds is 3. The second-order valence-electron chi connectivity index (χ2n) is 9.47. The first-order chi connectivity index (χ1) is 18.0. The fourth-order valence-electron chi connectivity index (χ4n) is 5.31. The summed E-state index contributed by atoms with van der Waals surface area (Å²) in [6.07, 6.45) is -0.107. The lowest BCUT2D eigenvalue weighted by atomic mass is 9.96. The molecule has 7 nitrogen and oxygen atoms in total. The van der Waals surface area contributed by atoms with E-state index in [0.29, 0.717) is 29.2 Å². The summed E-state index contributed by atoms with van der Waals surface area (Å²) in [6, 6.07) is 13.6. The van der Waals surface area contributed by atoms with Crippen LogP contribution in [0.15, 0.2) is 42.5 Å². The van der Waals surface area contributed by atoms with E-state index in [4.69, 9.17) is 16.6 Å². The Balaban J connectivity index is 1.44. The third kappa shape index (κ3) is 3.85. The number of ether oxygens (including phenoxy) is 1. The minimum Gasteiger partial charge on any atom is -0.489 e. The summed E-state index contributed by atoms with van der Waals surface area (Å²) in [4.78, 5) is 8.19. The Morgan fingerprint density at radius 1 is 1.19 bits per heavy atom. The third-order valence-electron chi connectivity index (χ3n) is 7.11. The topological polar surface area (TPSA) is 72.5 Å². The summed E-state index contributed by atoms with van der Waals surface area (Å²) in [6.45, 7) is 11.1. The summed E-state index contributed by atoms with van der Waals surface area (Å²) in [5.74, 6) is -0.857. The molecule has 0 saturated carbocycles. The minimum atomic E-state index is -0.816. The van der Waals surface area contributed by atoms with Crippen LogP contribution in [0.5, 0.6) is 5.75 Å². The van der Waals surface area contributed by atoms with Crippen molar-refractivity contribution in [3.8, 4) is 34.2 Å². The molecule has 0 amide bonds. The van der Waals surface area contributed by atoms with E-state index in [0.717, 1.165) is 48.8 Å². The van der Waals surface area contributed by atoms with Crippen molar-refractivity contribution in [3.63, 3.8) is 0 Å². The minimum absolute atomic E-state index is 0.100. The molecule has 1 fully saturated rings. The van der Waals surface area contributed by atoms with Gasteiger partial charge in [0.15, 0.2) is 5.69 Å². The van der Waals surface area contributed by atoms with Gasteiger partial charge in [-0.1, -0.05) is 12.1 Å². The van der Waals surface area contributed by atoms with Gasteiger partial charge in [-0.2, -0.15) is 10.4 Å². The molecule has 0 bridgehead atoms. The van der Waals surface area contributed by atoms with Crippen molar-refractivity contribution in [2.75, 3.05) is 38.2 Å². The molecular weight excluding hydrogens is 474 g/mol. The third-order valence-corrected chi connectivity index (χ3v) is 7.11. The van der Waals surface area contributed by atoms with Crippen molar-refractivity contribution in [1.82, 2.24) is 15.1 Å². The van der Waals surface area contributed by atoms with Gasteiger partial charge in [0.05, 0.1) is 42.0 Å².